The van der Waals surface area contributed by atoms with Crippen molar-refractivity contribution < 1.29 is 9.47 Å². The van der Waals surface area contributed by atoms with E-state index in [0.29, 0.717) is 26.2 Å². The summed E-state index contributed by atoms with van der Waals surface area (Å²) in [5.74, 6) is 0. The maximum absolute atomic E-state index is 11.6. The van der Waals surface area contributed by atoms with Crippen LogP contribution >= 0.6 is 0 Å². The van der Waals surface area contributed by atoms with E-state index in [1.54, 1.807) is 17.0 Å². The summed E-state index contributed by atoms with van der Waals surface area (Å²) in [7, 11) is 0. The number of hydrogen-bond donors (Lipinski definition) is 0. The molecule has 1 aromatic rings. The summed E-state index contributed by atoms with van der Waals surface area (Å²) in [6.45, 7) is 3.85. The Kier molecular flexibility index (Phi) is 3.69. The Hall–Kier alpha value is -1.20. The number of hydrogen-bond acceptors (Lipinski definition) is 4. The van der Waals surface area contributed by atoms with E-state index in [9.17, 15) is 4.79 Å². The summed E-state index contributed by atoms with van der Waals surface area (Å²) in [5.41, 5.74) is 0.819. The molecule has 5 nitrogen and oxygen atoms in total. The lowest BCUT2D eigenvalue weighted by atomic mass is 10.3. The number of ether oxygens (including phenoxy) is 2. The van der Waals surface area contributed by atoms with Crippen molar-refractivity contribution in [1.82, 2.24) is 9.55 Å². The minimum Gasteiger partial charge on any atom is -0.350 e. The van der Waals surface area contributed by atoms with Crippen molar-refractivity contribution in [3.8, 4) is 0 Å². The Morgan fingerprint density at radius 2 is 2.25 bits per heavy atom. The van der Waals surface area contributed by atoms with Crippen molar-refractivity contribution in [2.24, 2.45) is 0 Å². The van der Waals surface area contributed by atoms with Gasteiger partial charge < -0.3 is 9.47 Å². The molecule has 0 unspecified atom stereocenters. The normalized spacial score (nSPS) is 16.8. The van der Waals surface area contributed by atoms with E-state index < -0.39 is 0 Å². The van der Waals surface area contributed by atoms with Crippen LogP contribution < -0.4 is 5.56 Å². The van der Waals surface area contributed by atoms with Crippen LogP contribution in [-0.4, -0.2) is 29.1 Å². The fraction of sp³-hybridized carbons (Fsp3) is 0.636. The molecule has 1 aliphatic heterocycles. The van der Waals surface area contributed by atoms with Gasteiger partial charge in [0.05, 0.1) is 19.5 Å². The second-order valence-corrected chi connectivity index (χ2v) is 3.73. The first kappa shape index (κ1) is 11.3. The minimum atomic E-state index is -0.169. The molecule has 0 saturated carbocycles. The van der Waals surface area contributed by atoms with E-state index in [4.69, 9.17) is 9.47 Å². The van der Waals surface area contributed by atoms with Crippen molar-refractivity contribution in [1.29, 1.82) is 0 Å². The zero-order valence-corrected chi connectivity index (χ0v) is 9.39. The number of aryl methyl sites for hydroxylation is 2. The predicted octanol–water partition coefficient (Wildman–Crippen LogP) is 0.569. The lowest BCUT2D eigenvalue weighted by molar-refractivity contribution is -0.0492. The average molecular weight is 224 g/mol. The average Bonchev–Trinajstić information content (AvgIpc) is 2.80. The Morgan fingerprint density at radius 3 is 2.88 bits per heavy atom. The van der Waals surface area contributed by atoms with Gasteiger partial charge in [-0.05, 0) is 6.42 Å². The molecule has 1 aromatic heterocycles. The Bertz CT molecular complexity index is 396. The van der Waals surface area contributed by atoms with Crippen LogP contribution in [0.2, 0.25) is 0 Å². The summed E-state index contributed by atoms with van der Waals surface area (Å²) in [5, 5.41) is 0. The molecule has 16 heavy (non-hydrogen) atoms. The number of aromatic nitrogens is 2. The molecule has 88 valence electrons. The molecule has 0 radical (unpaired) electrons. The van der Waals surface area contributed by atoms with Gasteiger partial charge in [0.2, 0.25) is 0 Å². The molecule has 0 spiro atoms. The van der Waals surface area contributed by atoms with Crippen LogP contribution in [0, 0.1) is 0 Å². The molecule has 0 amide bonds. The van der Waals surface area contributed by atoms with E-state index in [-0.39, 0.29) is 11.8 Å². The first-order valence-corrected chi connectivity index (χ1v) is 5.58. The van der Waals surface area contributed by atoms with Gasteiger partial charge in [0, 0.05) is 24.7 Å². The van der Waals surface area contributed by atoms with Crippen LogP contribution in [-0.2, 0) is 22.4 Å². The Morgan fingerprint density at radius 1 is 1.50 bits per heavy atom. The number of nitrogens with zero attached hydrogens (tertiary/aromatic N) is 2. The molecule has 1 aliphatic rings. The van der Waals surface area contributed by atoms with E-state index in [2.05, 4.69) is 4.98 Å². The third-order valence-corrected chi connectivity index (χ3v) is 2.59. The zero-order valence-electron chi connectivity index (χ0n) is 9.39. The topological polar surface area (TPSA) is 53.4 Å². The largest absolute Gasteiger partial charge is 0.350 e. The van der Waals surface area contributed by atoms with Crippen LogP contribution in [0.5, 0.6) is 0 Å². The molecule has 0 atom stereocenters. The molecular weight excluding hydrogens is 208 g/mol. The van der Waals surface area contributed by atoms with Crippen LogP contribution in [0.1, 0.15) is 19.0 Å². The molecular formula is C11H16N2O3. The molecule has 2 rings (SSSR count). The maximum atomic E-state index is 11.6. The van der Waals surface area contributed by atoms with Crippen molar-refractivity contribution in [3.05, 3.63) is 28.4 Å². The quantitative estimate of drug-likeness (QED) is 0.750. The second-order valence-electron chi connectivity index (χ2n) is 3.73. The summed E-state index contributed by atoms with van der Waals surface area (Å²) in [6.07, 6.45) is 2.89. The molecule has 1 saturated heterocycles. The first-order chi connectivity index (χ1) is 7.79. The van der Waals surface area contributed by atoms with Gasteiger partial charge in [0.15, 0.2) is 6.29 Å². The van der Waals surface area contributed by atoms with Gasteiger partial charge in [-0.1, -0.05) is 6.92 Å². The molecule has 1 fully saturated rings. The number of rotatable bonds is 4. The SMILES string of the molecule is CCc1cc(=O)n(CCC2OCCO2)cn1. The second kappa shape index (κ2) is 5.23. The highest BCUT2D eigenvalue weighted by Gasteiger charge is 2.15. The maximum Gasteiger partial charge on any atom is 0.253 e. The molecule has 0 bridgehead atoms. The van der Waals surface area contributed by atoms with Gasteiger partial charge in [0.1, 0.15) is 0 Å². The standard InChI is InChI=1S/C11H16N2O3/c1-2-9-7-10(14)13(8-12-9)4-3-11-15-5-6-16-11/h7-8,11H,2-6H2,1H3. The molecule has 0 N–H and O–H groups in total. The zero-order chi connectivity index (χ0) is 11.4. The van der Waals surface area contributed by atoms with Gasteiger partial charge in [-0.25, -0.2) is 4.98 Å². The van der Waals surface area contributed by atoms with E-state index in [0.717, 1.165) is 12.1 Å². The summed E-state index contributed by atoms with van der Waals surface area (Å²) >= 11 is 0. The molecule has 0 aromatic carbocycles. The Balaban J connectivity index is 1.96. The third kappa shape index (κ3) is 2.68. The smallest absolute Gasteiger partial charge is 0.253 e. The molecule has 5 heteroatoms. The minimum absolute atomic E-state index is 0.00940. The van der Waals surface area contributed by atoms with Crippen molar-refractivity contribution in [3.63, 3.8) is 0 Å². The van der Waals surface area contributed by atoms with Gasteiger partial charge in [-0.15, -0.1) is 0 Å². The van der Waals surface area contributed by atoms with E-state index in [1.165, 1.54) is 0 Å². The summed E-state index contributed by atoms with van der Waals surface area (Å²) < 4.78 is 12.2. The van der Waals surface area contributed by atoms with Gasteiger partial charge >= 0.3 is 0 Å². The molecule has 2 heterocycles. The first-order valence-electron chi connectivity index (χ1n) is 5.58. The van der Waals surface area contributed by atoms with Crippen LogP contribution in [0.25, 0.3) is 0 Å². The van der Waals surface area contributed by atoms with Gasteiger partial charge in [-0.2, -0.15) is 0 Å². The fourth-order valence-corrected chi connectivity index (χ4v) is 1.64. The van der Waals surface area contributed by atoms with Crippen molar-refractivity contribution >= 4 is 0 Å². The van der Waals surface area contributed by atoms with Crippen LogP contribution in [0.3, 0.4) is 0 Å². The van der Waals surface area contributed by atoms with E-state index in [1.807, 2.05) is 6.92 Å². The summed E-state index contributed by atoms with van der Waals surface area (Å²) in [6, 6.07) is 1.58. The fourth-order valence-electron chi connectivity index (χ4n) is 1.64. The third-order valence-electron chi connectivity index (χ3n) is 2.59. The van der Waals surface area contributed by atoms with Crippen LogP contribution in [0.15, 0.2) is 17.2 Å². The lowest BCUT2D eigenvalue weighted by Crippen LogP contribution is -2.23. The van der Waals surface area contributed by atoms with Gasteiger partial charge in [0.25, 0.3) is 5.56 Å². The van der Waals surface area contributed by atoms with E-state index >= 15 is 0 Å². The molecule has 0 aliphatic carbocycles. The highest BCUT2D eigenvalue weighted by Crippen LogP contribution is 2.08. The monoisotopic (exact) mass is 224 g/mol. The summed E-state index contributed by atoms with van der Waals surface area (Å²) in [4.78, 5) is 15.8. The lowest BCUT2D eigenvalue weighted by Gasteiger charge is -2.10. The predicted molar refractivity (Wildman–Crippen MR) is 58.2 cm³/mol. The Labute approximate surface area is 94.0 Å². The van der Waals surface area contributed by atoms with Gasteiger partial charge in [-0.3, -0.25) is 9.36 Å². The highest BCUT2D eigenvalue weighted by atomic mass is 16.7. The highest BCUT2D eigenvalue weighted by molar-refractivity contribution is 4.98. The van der Waals surface area contributed by atoms with Crippen LogP contribution in [0.4, 0.5) is 0 Å². The van der Waals surface area contributed by atoms with Crippen molar-refractivity contribution in [2.45, 2.75) is 32.6 Å². The van der Waals surface area contributed by atoms with Crippen molar-refractivity contribution in [2.75, 3.05) is 13.2 Å².